The van der Waals surface area contributed by atoms with Gasteiger partial charge in [0.1, 0.15) is 0 Å². The Morgan fingerprint density at radius 1 is 1.33 bits per heavy atom. The summed E-state index contributed by atoms with van der Waals surface area (Å²) in [5.41, 5.74) is 1.06. The quantitative estimate of drug-likeness (QED) is 0.771. The van der Waals surface area contributed by atoms with Crippen LogP contribution < -0.4 is 0 Å². The highest BCUT2D eigenvalue weighted by Crippen LogP contribution is 2.19. The van der Waals surface area contributed by atoms with E-state index >= 15 is 0 Å². The fraction of sp³-hybridized carbons (Fsp3) is 0.588. The predicted molar refractivity (Wildman–Crippen MR) is 96.6 cm³/mol. The van der Waals surface area contributed by atoms with Crippen molar-refractivity contribution in [3.8, 4) is 0 Å². The number of hydrogen-bond acceptors (Lipinski definition) is 3. The van der Waals surface area contributed by atoms with Crippen molar-refractivity contribution in [1.82, 2.24) is 9.21 Å². The molecule has 0 atom stereocenters. The molecule has 7 heteroatoms. The van der Waals surface area contributed by atoms with Crippen molar-refractivity contribution in [2.45, 2.75) is 38.6 Å². The van der Waals surface area contributed by atoms with Crippen LogP contribution >= 0.6 is 11.6 Å². The Kier molecular flexibility index (Phi) is 6.66. The number of hydrogen-bond donors (Lipinski definition) is 0. The van der Waals surface area contributed by atoms with Crippen molar-refractivity contribution in [2.75, 3.05) is 25.9 Å². The molecule has 1 aliphatic rings. The zero-order valence-corrected chi connectivity index (χ0v) is 15.8. The standard InChI is InChI=1S/C17H25ClN2O3S/c1-3-24(22,23)19(2)16-9-11-20(12-10-16)17(21)8-7-14-5-4-6-15(18)13-14/h4-6,13,16H,3,7-12H2,1-2H3. The van der Waals surface area contributed by atoms with Gasteiger partial charge in [-0.05, 0) is 43.9 Å². The van der Waals surface area contributed by atoms with Gasteiger partial charge >= 0.3 is 0 Å². The summed E-state index contributed by atoms with van der Waals surface area (Å²) in [6, 6.07) is 7.55. The van der Waals surface area contributed by atoms with Gasteiger partial charge in [-0.25, -0.2) is 12.7 Å². The number of likely N-dealkylation sites (tertiary alicyclic amines) is 1. The van der Waals surface area contributed by atoms with Gasteiger partial charge in [-0.1, -0.05) is 23.7 Å². The zero-order valence-electron chi connectivity index (χ0n) is 14.2. The highest BCUT2D eigenvalue weighted by atomic mass is 35.5. The maximum Gasteiger partial charge on any atom is 0.222 e. The largest absolute Gasteiger partial charge is 0.343 e. The SMILES string of the molecule is CCS(=O)(=O)N(C)C1CCN(C(=O)CCc2cccc(Cl)c2)CC1. The van der Waals surface area contributed by atoms with Gasteiger partial charge in [0.2, 0.25) is 15.9 Å². The third kappa shape index (κ3) is 4.94. The Labute approximate surface area is 149 Å². The maximum absolute atomic E-state index is 12.3. The minimum Gasteiger partial charge on any atom is -0.343 e. The van der Waals surface area contributed by atoms with E-state index in [1.807, 2.05) is 29.2 Å². The Hall–Kier alpha value is -1.11. The van der Waals surface area contributed by atoms with Crippen molar-refractivity contribution < 1.29 is 13.2 Å². The van der Waals surface area contributed by atoms with Crippen LogP contribution in [0.3, 0.4) is 0 Å². The van der Waals surface area contributed by atoms with Crippen LogP contribution in [0.1, 0.15) is 31.7 Å². The summed E-state index contributed by atoms with van der Waals surface area (Å²) >= 11 is 5.95. The first-order valence-corrected chi connectivity index (χ1v) is 10.3. The smallest absolute Gasteiger partial charge is 0.222 e. The molecule has 1 heterocycles. The lowest BCUT2D eigenvalue weighted by Crippen LogP contribution is -2.47. The van der Waals surface area contributed by atoms with E-state index in [0.29, 0.717) is 43.8 Å². The first kappa shape index (κ1) is 19.2. The molecule has 1 aliphatic heterocycles. The third-order valence-corrected chi connectivity index (χ3v) is 6.79. The fourth-order valence-electron chi connectivity index (χ4n) is 3.01. The van der Waals surface area contributed by atoms with Crippen molar-refractivity contribution in [1.29, 1.82) is 0 Å². The molecule has 0 N–H and O–H groups in total. The molecule has 0 unspecified atom stereocenters. The minimum atomic E-state index is -3.17. The number of benzene rings is 1. The minimum absolute atomic E-state index is 0.00747. The molecule has 1 aromatic rings. The van der Waals surface area contributed by atoms with Crippen LogP contribution in [0.25, 0.3) is 0 Å². The molecule has 0 saturated carbocycles. The van der Waals surface area contributed by atoms with Gasteiger partial charge in [0.25, 0.3) is 0 Å². The van der Waals surface area contributed by atoms with Crippen molar-refractivity contribution in [3.05, 3.63) is 34.9 Å². The van der Waals surface area contributed by atoms with Crippen LogP contribution in [0.15, 0.2) is 24.3 Å². The average Bonchev–Trinajstić information content (AvgIpc) is 2.59. The lowest BCUT2D eigenvalue weighted by Gasteiger charge is -2.36. The maximum atomic E-state index is 12.3. The molecule has 1 saturated heterocycles. The number of aryl methyl sites for hydroxylation is 1. The van der Waals surface area contributed by atoms with E-state index in [2.05, 4.69) is 0 Å². The molecule has 1 aromatic carbocycles. The number of sulfonamides is 1. The molecular formula is C17H25ClN2O3S. The average molecular weight is 373 g/mol. The summed E-state index contributed by atoms with van der Waals surface area (Å²) < 4.78 is 25.3. The molecule has 0 radical (unpaired) electrons. The van der Waals surface area contributed by atoms with Crippen molar-refractivity contribution in [3.63, 3.8) is 0 Å². The molecule has 134 valence electrons. The lowest BCUT2D eigenvalue weighted by atomic mass is 10.0. The highest BCUT2D eigenvalue weighted by Gasteiger charge is 2.29. The Bertz CT molecular complexity index is 670. The molecule has 0 aliphatic carbocycles. The second-order valence-corrected chi connectivity index (χ2v) is 8.91. The summed E-state index contributed by atoms with van der Waals surface area (Å²) in [6.07, 6.45) is 2.51. The summed E-state index contributed by atoms with van der Waals surface area (Å²) in [6.45, 7) is 2.88. The summed E-state index contributed by atoms with van der Waals surface area (Å²) in [5.74, 6) is 0.233. The molecular weight excluding hydrogens is 348 g/mol. The molecule has 1 amide bonds. The van der Waals surface area contributed by atoms with E-state index in [4.69, 9.17) is 11.6 Å². The van der Waals surface area contributed by atoms with Crippen LogP contribution in [0.2, 0.25) is 5.02 Å². The fourth-order valence-corrected chi connectivity index (χ4v) is 4.30. The van der Waals surface area contributed by atoms with Gasteiger partial charge < -0.3 is 4.90 Å². The van der Waals surface area contributed by atoms with Gasteiger partial charge in [-0.2, -0.15) is 0 Å². The number of nitrogens with zero attached hydrogens (tertiary/aromatic N) is 2. The Balaban J connectivity index is 1.82. The van der Waals surface area contributed by atoms with E-state index in [0.717, 1.165) is 5.56 Å². The zero-order chi connectivity index (χ0) is 17.7. The molecule has 2 rings (SSSR count). The van der Waals surface area contributed by atoms with Crippen LogP contribution in [0, 0.1) is 0 Å². The molecule has 0 spiro atoms. The normalized spacial score (nSPS) is 16.6. The van der Waals surface area contributed by atoms with Gasteiger partial charge in [-0.3, -0.25) is 4.79 Å². The summed E-state index contributed by atoms with van der Waals surface area (Å²) in [4.78, 5) is 14.2. The topological polar surface area (TPSA) is 57.7 Å². The second-order valence-electron chi connectivity index (χ2n) is 6.16. The Morgan fingerprint density at radius 3 is 2.58 bits per heavy atom. The van der Waals surface area contributed by atoms with Crippen LogP contribution in [-0.2, 0) is 21.2 Å². The van der Waals surface area contributed by atoms with Gasteiger partial charge in [0, 0.05) is 37.6 Å². The number of halogens is 1. The van der Waals surface area contributed by atoms with Crippen molar-refractivity contribution >= 4 is 27.5 Å². The molecule has 1 fully saturated rings. The third-order valence-electron chi connectivity index (χ3n) is 4.65. The van der Waals surface area contributed by atoms with E-state index in [9.17, 15) is 13.2 Å². The number of carbonyl (C=O) groups is 1. The van der Waals surface area contributed by atoms with E-state index in [1.165, 1.54) is 4.31 Å². The molecule has 0 aromatic heterocycles. The Morgan fingerprint density at radius 2 is 2.00 bits per heavy atom. The van der Waals surface area contributed by atoms with E-state index in [-0.39, 0.29) is 17.7 Å². The highest BCUT2D eigenvalue weighted by molar-refractivity contribution is 7.89. The molecule has 24 heavy (non-hydrogen) atoms. The van der Waals surface area contributed by atoms with E-state index in [1.54, 1.807) is 14.0 Å². The number of piperidine rings is 1. The van der Waals surface area contributed by atoms with Gasteiger partial charge in [0.15, 0.2) is 0 Å². The van der Waals surface area contributed by atoms with Crippen LogP contribution in [-0.4, -0.2) is 55.5 Å². The van der Waals surface area contributed by atoms with Crippen LogP contribution in [0.4, 0.5) is 0 Å². The number of rotatable bonds is 6. The van der Waals surface area contributed by atoms with Gasteiger partial charge in [0.05, 0.1) is 5.75 Å². The monoisotopic (exact) mass is 372 g/mol. The second kappa shape index (κ2) is 8.32. The lowest BCUT2D eigenvalue weighted by molar-refractivity contribution is -0.132. The predicted octanol–water partition coefficient (Wildman–Crippen LogP) is 2.55. The van der Waals surface area contributed by atoms with Crippen molar-refractivity contribution in [2.24, 2.45) is 0 Å². The summed E-state index contributed by atoms with van der Waals surface area (Å²) in [5, 5.41) is 0.681. The molecule has 5 nitrogen and oxygen atoms in total. The number of amides is 1. The first-order chi connectivity index (χ1) is 11.3. The van der Waals surface area contributed by atoms with Crippen LogP contribution in [0.5, 0.6) is 0 Å². The van der Waals surface area contributed by atoms with E-state index < -0.39 is 10.0 Å². The van der Waals surface area contributed by atoms with Gasteiger partial charge in [-0.15, -0.1) is 0 Å². The summed E-state index contributed by atoms with van der Waals surface area (Å²) in [7, 11) is -1.53. The molecule has 0 bridgehead atoms. The first-order valence-electron chi connectivity index (χ1n) is 8.31. The number of carbonyl (C=O) groups excluding carboxylic acids is 1.